The minimum atomic E-state index is -0.244. The number of hydrogen-bond donors (Lipinski definition) is 1. The Kier molecular flexibility index (Phi) is 5.30. The second-order valence-electron chi connectivity index (χ2n) is 6.36. The molecule has 0 radical (unpaired) electrons. The number of rotatable bonds is 5. The maximum atomic E-state index is 12.3. The first-order chi connectivity index (χ1) is 11.6. The fourth-order valence-electron chi connectivity index (χ4n) is 3.41. The molecule has 0 bridgehead atoms. The lowest BCUT2D eigenvalue weighted by atomic mass is 9.93. The van der Waals surface area contributed by atoms with E-state index in [0.29, 0.717) is 6.54 Å². The monoisotopic (exact) mass is 328 g/mol. The lowest BCUT2D eigenvalue weighted by Crippen LogP contribution is -2.35. The highest BCUT2D eigenvalue weighted by Gasteiger charge is 2.28. The van der Waals surface area contributed by atoms with E-state index in [-0.39, 0.29) is 30.4 Å². The summed E-state index contributed by atoms with van der Waals surface area (Å²) in [4.78, 5) is 25.9. The van der Waals surface area contributed by atoms with E-state index in [1.165, 1.54) is 6.92 Å². The van der Waals surface area contributed by atoms with Crippen LogP contribution < -0.4 is 5.32 Å². The molecule has 1 aromatic rings. The van der Waals surface area contributed by atoms with E-state index in [9.17, 15) is 9.59 Å². The van der Waals surface area contributed by atoms with Gasteiger partial charge in [-0.3, -0.25) is 9.59 Å². The highest BCUT2D eigenvalue weighted by Crippen LogP contribution is 2.32. The molecule has 0 unspecified atom stereocenters. The van der Waals surface area contributed by atoms with Crippen molar-refractivity contribution in [1.82, 2.24) is 10.2 Å². The van der Waals surface area contributed by atoms with Crippen molar-refractivity contribution in [3.8, 4) is 0 Å². The van der Waals surface area contributed by atoms with Gasteiger partial charge in [-0.05, 0) is 36.5 Å². The molecule has 2 heterocycles. The molecule has 2 atom stereocenters. The van der Waals surface area contributed by atoms with Crippen molar-refractivity contribution in [2.75, 3.05) is 13.2 Å². The lowest BCUT2D eigenvalue weighted by Gasteiger charge is -2.32. The molecule has 2 aliphatic rings. The molecule has 1 fully saturated rings. The number of carbonyl (C=O) groups excluding carboxylic acids is 2. The van der Waals surface area contributed by atoms with Gasteiger partial charge in [-0.2, -0.15) is 0 Å². The standard InChI is InChI=1S/C19H24N2O3/c1-14(22)21-11-9-15-5-2-3-7-17(15)18(21)13-19(23)20-10-8-16-6-4-12-24-16/h2-3,5,7,9,11,16,18H,4,6,8,10,12-13H2,1H3,(H,20,23)/t16-,18+/m1/s1. The molecule has 1 N–H and O–H groups in total. The smallest absolute Gasteiger partial charge is 0.223 e. The minimum absolute atomic E-state index is 0.0330. The highest BCUT2D eigenvalue weighted by molar-refractivity contribution is 5.81. The largest absolute Gasteiger partial charge is 0.378 e. The van der Waals surface area contributed by atoms with Crippen LogP contribution in [0.2, 0.25) is 0 Å². The number of carbonyl (C=O) groups is 2. The van der Waals surface area contributed by atoms with Crippen LogP contribution >= 0.6 is 0 Å². The molecule has 0 aromatic heterocycles. The molecule has 5 heteroatoms. The summed E-state index contributed by atoms with van der Waals surface area (Å²) in [6, 6.07) is 7.65. The van der Waals surface area contributed by atoms with E-state index in [4.69, 9.17) is 4.74 Å². The normalized spacial score (nSPS) is 22.3. The van der Waals surface area contributed by atoms with Gasteiger partial charge >= 0.3 is 0 Å². The average molecular weight is 328 g/mol. The Bertz CT molecular complexity index is 635. The predicted molar refractivity (Wildman–Crippen MR) is 92.0 cm³/mol. The van der Waals surface area contributed by atoms with Crippen LogP contribution in [-0.2, 0) is 14.3 Å². The minimum Gasteiger partial charge on any atom is -0.378 e. The zero-order valence-electron chi connectivity index (χ0n) is 14.0. The van der Waals surface area contributed by atoms with E-state index in [1.807, 2.05) is 30.3 Å². The van der Waals surface area contributed by atoms with Crippen LogP contribution in [0.25, 0.3) is 6.08 Å². The first-order valence-electron chi connectivity index (χ1n) is 8.59. The van der Waals surface area contributed by atoms with Gasteiger partial charge in [0.2, 0.25) is 11.8 Å². The van der Waals surface area contributed by atoms with Gasteiger partial charge < -0.3 is 15.0 Å². The Morgan fingerprint density at radius 1 is 1.33 bits per heavy atom. The quantitative estimate of drug-likeness (QED) is 0.904. The van der Waals surface area contributed by atoms with Crippen LogP contribution in [0.15, 0.2) is 30.5 Å². The molecule has 0 spiro atoms. The van der Waals surface area contributed by atoms with E-state index < -0.39 is 0 Å². The van der Waals surface area contributed by atoms with Gasteiger partial charge in [0.15, 0.2) is 0 Å². The predicted octanol–water partition coefficient (Wildman–Crippen LogP) is 2.64. The van der Waals surface area contributed by atoms with E-state index >= 15 is 0 Å². The molecule has 2 aliphatic heterocycles. The summed E-state index contributed by atoms with van der Waals surface area (Å²) in [7, 11) is 0. The highest BCUT2D eigenvalue weighted by atomic mass is 16.5. The third-order valence-electron chi connectivity index (χ3n) is 4.66. The van der Waals surface area contributed by atoms with Crippen LogP contribution in [0.4, 0.5) is 0 Å². The number of nitrogens with one attached hydrogen (secondary N) is 1. The van der Waals surface area contributed by atoms with Crippen molar-refractivity contribution < 1.29 is 14.3 Å². The SMILES string of the molecule is CC(=O)N1C=Cc2ccccc2[C@@H]1CC(=O)NCC[C@H]1CCCO1. The number of fused-ring (bicyclic) bond motifs is 1. The van der Waals surface area contributed by atoms with Crippen LogP contribution in [0.3, 0.4) is 0 Å². The number of benzene rings is 1. The van der Waals surface area contributed by atoms with Crippen molar-refractivity contribution in [3.05, 3.63) is 41.6 Å². The molecule has 128 valence electrons. The topological polar surface area (TPSA) is 58.6 Å². The first kappa shape index (κ1) is 16.7. The van der Waals surface area contributed by atoms with Crippen LogP contribution in [-0.4, -0.2) is 36.0 Å². The first-order valence-corrected chi connectivity index (χ1v) is 8.59. The van der Waals surface area contributed by atoms with Gasteiger partial charge in [0, 0.05) is 26.3 Å². The second kappa shape index (κ2) is 7.62. The van der Waals surface area contributed by atoms with Gasteiger partial charge in [-0.1, -0.05) is 24.3 Å². The number of amides is 2. The summed E-state index contributed by atoms with van der Waals surface area (Å²) in [6.45, 7) is 2.98. The third-order valence-corrected chi connectivity index (χ3v) is 4.66. The van der Waals surface area contributed by atoms with Crippen LogP contribution in [0.1, 0.15) is 49.8 Å². The summed E-state index contributed by atoms with van der Waals surface area (Å²) in [5.74, 6) is -0.0905. The van der Waals surface area contributed by atoms with Gasteiger partial charge in [-0.15, -0.1) is 0 Å². The van der Waals surface area contributed by atoms with Crippen LogP contribution in [0.5, 0.6) is 0 Å². The summed E-state index contributed by atoms with van der Waals surface area (Å²) < 4.78 is 5.57. The molecular formula is C19H24N2O3. The van der Waals surface area contributed by atoms with Crippen molar-refractivity contribution >= 4 is 17.9 Å². The Morgan fingerprint density at radius 3 is 2.92 bits per heavy atom. The maximum absolute atomic E-state index is 12.3. The Morgan fingerprint density at radius 2 is 2.17 bits per heavy atom. The zero-order valence-corrected chi connectivity index (χ0v) is 14.0. The van der Waals surface area contributed by atoms with Gasteiger partial charge in [0.25, 0.3) is 0 Å². The number of hydrogen-bond acceptors (Lipinski definition) is 3. The molecule has 2 amide bonds. The van der Waals surface area contributed by atoms with Gasteiger partial charge in [0.1, 0.15) is 0 Å². The molecule has 3 rings (SSSR count). The fourth-order valence-corrected chi connectivity index (χ4v) is 3.41. The van der Waals surface area contributed by atoms with Gasteiger partial charge in [-0.25, -0.2) is 0 Å². The summed E-state index contributed by atoms with van der Waals surface area (Å²) in [5.41, 5.74) is 2.08. The molecule has 1 aromatic carbocycles. The molecular weight excluding hydrogens is 304 g/mol. The molecule has 24 heavy (non-hydrogen) atoms. The Balaban J connectivity index is 1.61. The third kappa shape index (κ3) is 3.85. The second-order valence-corrected chi connectivity index (χ2v) is 6.36. The van der Waals surface area contributed by atoms with Crippen LogP contribution in [0, 0.1) is 0 Å². The Hall–Kier alpha value is -2.14. The molecule has 5 nitrogen and oxygen atoms in total. The fraction of sp³-hybridized carbons (Fsp3) is 0.474. The molecule has 0 saturated carbocycles. The van der Waals surface area contributed by atoms with Crippen molar-refractivity contribution in [2.45, 2.75) is 44.8 Å². The Labute approximate surface area is 142 Å². The van der Waals surface area contributed by atoms with Crippen molar-refractivity contribution in [2.24, 2.45) is 0 Å². The van der Waals surface area contributed by atoms with E-state index in [2.05, 4.69) is 5.32 Å². The summed E-state index contributed by atoms with van der Waals surface area (Å²) in [5, 5.41) is 2.97. The average Bonchev–Trinajstić information content (AvgIpc) is 3.08. The number of ether oxygens (including phenoxy) is 1. The van der Waals surface area contributed by atoms with Gasteiger partial charge in [0.05, 0.1) is 18.6 Å². The number of nitrogens with zero attached hydrogens (tertiary/aromatic N) is 1. The summed E-state index contributed by atoms with van der Waals surface area (Å²) >= 11 is 0. The molecule has 0 aliphatic carbocycles. The van der Waals surface area contributed by atoms with Crippen molar-refractivity contribution in [3.63, 3.8) is 0 Å². The maximum Gasteiger partial charge on any atom is 0.223 e. The van der Waals surface area contributed by atoms with Crippen molar-refractivity contribution in [1.29, 1.82) is 0 Å². The van der Waals surface area contributed by atoms with E-state index in [0.717, 1.165) is 37.0 Å². The molecule has 1 saturated heterocycles. The summed E-state index contributed by atoms with van der Waals surface area (Å²) in [6.07, 6.45) is 7.27. The van der Waals surface area contributed by atoms with E-state index in [1.54, 1.807) is 11.1 Å². The lowest BCUT2D eigenvalue weighted by molar-refractivity contribution is -0.129. The zero-order chi connectivity index (χ0) is 16.9.